The van der Waals surface area contributed by atoms with Crippen molar-refractivity contribution in [2.75, 3.05) is 13.1 Å². The summed E-state index contributed by atoms with van der Waals surface area (Å²) in [6, 6.07) is 7.14. The van der Waals surface area contributed by atoms with Gasteiger partial charge in [-0.1, -0.05) is 23.7 Å². The molecule has 5 nitrogen and oxygen atoms in total. The van der Waals surface area contributed by atoms with E-state index in [-0.39, 0.29) is 19.0 Å². The van der Waals surface area contributed by atoms with E-state index in [9.17, 15) is 9.59 Å². The lowest BCUT2D eigenvalue weighted by atomic mass is 10.1. The highest BCUT2D eigenvalue weighted by molar-refractivity contribution is 6.30. The standard InChI is InChI=1S/C12H16ClN3O2/c13-10-3-1-9(2-4-10)5-7-15-12(18)16-8-6-11(14)17/h1-4H,5-8H2,(H2,14,17)(H2,15,16,18). The van der Waals surface area contributed by atoms with Crippen LogP contribution in [0.15, 0.2) is 24.3 Å². The van der Waals surface area contributed by atoms with Crippen molar-refractivity contribution in [3.63, 3.8) is 0 Å². The zero-order chi connectivity index (χ0) is 13.4. The van der Waals surface area contributed by atoms with Crippen LogP contribution in [0, 0.1) is 0 Å². The Balaban J connectivity index is 2.15. The first-order chi connectivity index (χ1) is 8.58. The minimum absolute atomic E-state index is 0.143. The molecule has 0 aromatic heterocycles. The van der Waals surface area contributed by atoms with Crippen molar-refractivity contribution >= 4 is 23.5 Å². The highest BCUT2D eigenvalue weighted by atomic mass is 35.5. The van der Waals surface area contributed by atoms with Crippen LogP contribution < -0.4 is 16.4 Å². The fraction of sp³-hybridized carbons (Fsp3) is 0.333. The first-order valence-corrected chi connectivity index (χ1v) is 6.00. The Morgan fingerprint density at radius 2 is 1.72 bits per heavy atom. The highest BCUT2D eigenvalue weighted by Crippen LogP contribution is 2.09. The van der Waals surface area contributed by atoms with Crippen LogP contribution in [-0.2, 0) is 11.2 Å². The fourth-order valence-corrected chi connectivity index (χ4v) is 1.46. The number of amides is 3. The van der Waals surface area contributed by atoms with Gasteiger partial charge in [0.15, 0.2) is 0 Å². The predicted molar refractivity (Wildman–Crippen MR) is 70.4 cm³/mol. The Bertz CT molecular complexity index is 406. The summed E-state index contributed by atoms with van der Waals surface area (Å²) in [4.78, 5) is 21.7. The third-order valence-corrected chi connectivity index (χ3v) is 2.52. The first-order valence-electron chi connectivity index (χ1n) is 5.62. The molecule has 3 amide bonds. The molecule has 1 aromatic carbocycles. The number of halogens is 1. The molecule has 0 radical (unpaired) electrons. The van der Waals surface area contributed by atoms with E-state index < -0.39 is 5.91 Å². The van der Waals surface area contributed by atoms with Crippen LogP contribution >= 0.6 is 11.6 Å². The number of carbonyl (C=O) groups is 2. The number of nitrogens with one attached hydrogen (secondary N) is 2. The SMILES string of the molecule is NC(=O)CCNC(=O)NCCc1ccc(Cl)cc1. The fourth-order valence-electron chi connectivity index (χ4n) is 1.33. The van der Waals surface area contributed by atoms with E-state index in [1.54, 1.807) is 0 Å². The Morgan fingerprint density at radius 1 is 1.11 bits per heavy atom. The van der Waals surface area contributed by atoms with E-state index in [1.807, 2.05) is 24.3 Å². The van der Waals surface area contributed by atoms with Gasteiger partial charge >= 0.3 is 6.03 Å². The Labute approximate surface area is 111 Å². The molecule has 6 heteroatoms. The summed E-state index contributed by atoms with van der Waals surface area (Å²) in [5.41, 5.74) is 6.04. The summed E-state index contributed by atoms with van der Waals surface area (Å²) in [5, 5.41) is 5.91. The van der Waals surface area contributed by atoms with Gasteiger partial charge in [0.25, 0.3) is 0 Å². The lowest BCUT2D eigenvalue weighted by molar-refractivity contribution is -0.117. The van der Waals surface area contributed by atoms with Crippen molar-refractivity contribution in [2.45, 2.75) is 12.8 Å². The molecule has 0 aliphatic heterocycles. The van der Waals surface area contributed by atoms with Crippen molar-refractivity contribution in [1.82, 2.24) is 10.6 Å². The van der Waals surface area contributed by atoms with Gasteiger partial charge in [0.05, 0.1) is 0 Å². The van der Waals surface area contributed by atoms with E-state index in [0.717, 1.165) is 12.0 Å². The van der Waals surface area contributed by atoms with Crippen molar-refractivity contribution in [3.05, 3.63) is 34.9 Å². The number of rotatable bonds is 6. The van der Waals surface area contributed by atoms with Crippen LogP contribution in [0.1, 0.15) is 12.0 Å². The van der Waals surface area contributed by atoms with Crippen molar-refractivity contribution in [1.29, 1.82) is 0 Å². The minimum atomic E-state index is -0.434. The molecule has 0 saturated heterocycles. The van der Waals surface area contributed by atoms with Gasteiger partial charge in [-0.3, -0.25) is 4.79 Å². The molecule has 18 heavy (non-hydrogen) atoms. The van der Waals surface area contributed by atoms with Crippen LogP contribution in [0.5, 0.6) is 0 Å². The molecule has 0 saturated carbocycles. The second kappa shape index (κ2) is 7.55. The van der Waals surface area contributed by atoms with Crippen molar-refractivity contribution in [3.8, 4) is 0 Å². The van der Waals surface area contributed by atoms with E-state index in [4.69, 9.17) is 17.3 Å². The predicted octanol–water partition coefficient (Wildman–Crippen LogP) is 1.06. The van der Waals surface area contributed by atoms with Crippen molar-refractivity contribution in [2.24, 2.45) is 5.73 Å². The van der Waals surface area contributed by atoms with Gasteiger partial charge in [-0.25, -0.2) is 4.79 Å². The molecule has 0 heterocycles. The molecule has 1 rings (SSSR count). The van der Waals surface area contributed by atoms with E-state index in [0.29, 0.717) is 11.6 Å². The molecular formula is C12H16ClN3O2. The van der Waals surface area contributed by atoms with Gasteiger partial charge in [-0.05, 0) is 24.1 Å². The molecule has 0 spiro atoms. The second-order valence-electron chi connectivity index (χ2n) is 3.78. The molecule has 0 aliphatic rings. The summed E-state index contributed by atoms with van der Waals surface area (Å²) in [6.07, 6.45) is 0.866. The highest BCUT2D eigenvalue weighted by Gasteiger charge is 2.00. The second-order valence-corrected chi connectivity index (χ2v) is 4.21. The lowest BCUT2D eigenvalue weighted by Gasteiger charge is -2.06. The quantitative estimate of drug-likeness (QED) is 0.721. The molecule has 0 bridgehead atoms. The summed E-state index contributed by atoms with van der Waals surface area (Å²) >= 11 is 5.76. The summed E-state index contributed by atoms with van der Waals surface area (Å²) in [6.45, 7) is 0.770. The Kier molecular flexibility index (Phi) is 6.00. The van der Waals surface area contributed by atoms with Gasteiger partial charge in [0.2, 0.25) is 5.91 Å². The molecule has 4 N–H and O–H groups in total. The number of urea groups is 1. The zero-order valence-corrected chi connectivity index (χ0v) is 10.7. The first kappa shape index (κ1) is 14.3. The van der Waals surface area contributed by atoms with Gasteiger partial charge < -0.3 is 16.4 Å². The van der Waals surface area contributed by atoms with E-state index >= 15 is 0 Å². The minimum Gasteiger partial charge on any atom is -0.370 e. The topological polar surface area (TPSA) is 84.2 Å². The number of nitrogens with two attached hydrogens (primary N) is 1. The van der Waals surface area contributed by atoms with Gasteiger partial charge in [0.1, 0.15) is 0 Å². The molecular weight excluding hydrogens is 254 g/mol. The van der Waals surface area contributed by atoms with Gasteiger partial charge in [0, 0.05) is 24.5 Å². The summed E-state index contributed by atoms with van der Waals surface area (Å²) < 4.78 is 0. The zero-order valence-electron chi connectivity index (χ0n) is 9.91. The Morgan fingerprint density at radius 3 is 2.33 bits per heavy atom. The maximum Gasteiger partial charge on any atom is 0.314 e. The number of hydrogen-bond acceptors (Lipinski definition) is 2. The number of benzene rings is 1. The molecule has 0 aliphatic carbocycles. The molecule has 0 atom stereocenters. The molecule has 1 aromatic rings. The van der Waals surface area contributed by atoms with Crippen LogP contribution in [0.25, 0.3) is 0 Å². The van der Waals surface area contributed by atoms with Gasteiger partial charge in [-0.15, -0.1) is 0 Å². The van der Waals surface area contributed by atoms with E-state index in [2.05, 4.69) is 10.6 Å². The lowest BCUT2D eigenvalue weighted by Crippen LogP contribution is -2.38. The van der Waals surface area contributed by atoms with Crippen LogP contribution in [-0.4, -0.2) is 25.0 Å². The number of hydrogen-bond donors (Lipinski definition) is 3. The smallest absolute Gasteiger partial charge is 0.314 e. The summed E-state index contributed by atoms with van der Waals surface area (Å²) in [7, 11) is 0. The van der Waals surface area contributed by atoms with Crippen molar-refractivity contribution < 1.29 is 9.59 Å². The summed E-state index contributed by atoms with van der Waals surface area (Å²) in [5.74, 6) is -0.434. The number of carbonyl (C=O) groups excluding carboxylic acids is 2. The monoisotopic (exact) mass is 269 g/mol. The normalized spacial score (nSPS) is 9.83. The van der Waals surface area contributed by atoms with Gasteiger partial charge in [-0.2, -0.15) is 0 Å². The van der Waals surface area contributed by atoms with Crippen LogP contribution in [0.4, 0.5) is 4.79 Å². The average molecular weight is 270 g/mol. The average Bonchev–Trinajstić information content (AvgIpc) is 2.31. The van der Waals surface area contributed by atoms with Crippen LogP contribution in [0.3, 0.4) is 0 Å². The maximum absolute atomic E-state index is 11.3. The third-order valence-electron chi connectivity index (χ3n) is 2.27. The molecule has 0 unspecified atom stereocenters. The van der Waals surface area contributed by atoms with E-state index in [1.165, 1.54) is 0 Å². The maximum atomic E-state index is 11.3. The molecule has 98 valence electrons. The van der Waals surface area contributed by atoms with Crippen LogP contribution in [0.2, 0.25) is 5.02 Å². The Hall–Kier alpha value is -1.75. The largest absolute Gasteiger partial charge is 0.370 e. The molecule has 0 fully saturated rings. The third kappa shape index (κ3) is 6.10. The number of primary amides is 1.